The van der Waals surface area contributed by atoms with Gasteiger partial charge < -0.3 is 15.9 Å². The van der Waals surface area contributed by atoms with E-state index in [4.69, 9.17) is 5.73 Å². The summed E-state index contributed by atoms with van der Waals surface area (Å²) in [5, 5.41) is 19.0. The van der Waals surface area contributed by atoms with Crippen LogP contribution in [0.25, 0.3) is 0 Å². The van der Waals surface area contributed by atoms with E-state index in [-0.39, 0.29) is 35.7 Å². The molecule has 1 aromatic rings. The van der Waals surface area contributed by atoms with Crippen LogP contribution in [0.3, 0.4) is 0 Å². The summed E-state index contributed by atoms with van der Waals surface area (Å²) in [5.74, 6) is -0.0257. The molecule has 0 aromatic carbocycles. The van der Waals surface area contributed by atoms with Crippen LogP contribution < -0.4 is 22.1 Å². The average molecular weight is 276 g/mol. The first-order chi connectivity index (χ1) is 7.99. The number of nitrogens with one attached hydrogen (secondary N) is 1. The normalized spacial score (nSPS) is 20.7. The molecule has 0 saturated heterocycles. The van der Waals surface area contributed by atoms with E-state index in [1.165, 1.54) is 6.92 Å². The first-order valence-electron chi connectivity index (χ1n) is 5.13. The topological polar surface area (TPSA) is 137 Å². The fraction of sp³-hybridized carbons (Fsp3) is 0.556. The van der Waals surface area contributed by atoms with Gasteiger partial charge in [0.25, 0.3) is 5.56 Å². The second kappa shape index (κ2) is 5.42. The molecule has 100 valence electrons. The maximum atomic E-state index is 11.5. The van der Waals surface area contributed by atoms with Gasteiger partial charge in [0.1, 0.15) is 6.10 Å². The third-order valence-corrected chi connectivity index (χ3v) is 2.51. The third-order valence-electron chi connectivity index (χ3n) is 2.51. The predicted octanol–water partition coefficient (Wildman–Crippen LogP) is -2.86. The molecular formula is C9H14ClN5O3. The number of aromatic nitrogens is 2. The molecule has 5 N–H and O–H groups in total. The minimum atomic E-state index is -1.07. The highest BCUT2D eigenvalue weighted by Crippen LogP contribution is 2.04. The van der Waals surface area contributed by atoms with Gasteiger partial charge in [-0.15, -0.1) is 12.4 Å². The number of nitrogens with zero attached hydrogens (tertiary/aromatic N) is 3. The Morgan fingerprint density at radius 2 is 2.17 bits per heavy atom. The van der Waals surface area contributed by atoms with Gasteiger partial charge in [0.15, 0.2) is 10.8 Å². The Kier molecular flexibility index (Phi) is 4.38. The Bertz CT molecular complexity index is 599. The summed E-state index contributed by atoms with van der Waals surface area (Å²) in [5.41, 5.74) is 5.03. The molecule has 0 radical (unpaired) electrons. The Morgan fingerprint density at radius 1 is 1.50 bits per heavy atom. The van der Waals surface area contributed by atoms with E-state index >= 15 is 0 Å². The number of aliphatic hydroxyl groups excluding tert-OH is 2. The van der Waals surface area contributed by atoms with E-state index in [9.17, 15) is 15.0 Å². The maximum Gasteiger partial charge on any atom is 0.280 e. The van der Waals surface area contributed by atoms with Gasteiger partial charge in [0.2, 0.25) is 5.95 Å². The van der Waals surface area contributed by atoms with Crippen LogP contribution in [-0.4, -0.2) is 45.0 Å². The second-order valence-corrected chi connectivity index (χ2v) is 3.89. The van der Waals surface area contributed by atoms with Crippen LogP contribution in [0, 0.1) is 0 Å². The van der Waals surface area contributed by atoms with Crippen molar-refractivity contribution in [2.45, 2.75) is 25.2 Å². The number of hydrogen-bond donors (Lipinski definition) is 4. The van der Waals surface area contributed by atoms with Crippen LogP contribution >= 0.6 is 12.4 Å². The number of anilines is 1. The number of rotatable bonds is 2. The highest BCUT2D eigenvalue weighted by Gasteiger charge is 2.24. The third kappa shape index (κ3) is 2.66. The molecule has 0 spiro atoms. The number of aromatic amines is 1. The number of aliphatic hydroxyl groups is 2. The van der Waals surface area contributed by atoms with Crippen LogP contribution in [-0.2, 0) is 0 Å². The summed E-state index contributed by atoms with van der Waals surface area (Å²) in [6.45, 7) is 1.61. The van der Waals surface area contributed by atoms with E-state index in [1.54, 1.807) is 0 Å². The zero-order valence-electron chi connectivity index (χ0n) is 9.57. The van der Waals surface area contributed by atoms with Gasteiger partial charge in [-0.05, 0) is 6.92 Å². The highest BCUT2D eigenvalue weighted by atomic mass is 35.5. The molecule has 9 heteroatoms. The summed E-state index contributed by atoms with van der Waals surface area (Å²) >= 11 is 0. The van der Waals surface area contributed by atoms with Crippen molar-refractivity contribution in [3.05, 3.63) is 21.2 Å². The number of halogens is 1. The van der Waals surface area contributed by atoms with Crippen LogP contribution in [0.1, 0.15) is 6.92 Å². The number of nitrogens with two attached hydrogens (primary N) is 1. The lowest BCUT2D eigenvalue weighted by molar-refractivity contribution is 0.0160. The van der Waals surface area contributed by atoms with Crippen molar-refractivity contribution in [2.75, 3.05) is 12.3 Å². The minimum Gasteiger partial charge on any atom is -0.391 e. The first-order valence-corrected chi connectivity index (χ1v) is 5.13. The van der Waals surface area contributed by atoms with Gasteiger partial charge in [0.05, 0.1) is 18.7 Å². The molecule has 3 atom stereocenters. The summed E-state index contributed by atoms with van der Waals surface area (Å²) in [6, 6.07) is -0.644. The lowest BCUT2D eigenvalue weighted by Crippen LogP contribution is -2.50. The number of nitrogen functional groups attached to an aromatic ring is 1. The monoisotopic (exact) mass is 275 g/mol. The van der Waals surface area contributed by atoms with Crippen molar-refractivity contribution in [2.24, 2.45) is 9.98 Å². The fourth-order valence-corrected chi connectivity index (χ4v) is 1.59. The Morgan fingerprint density at radius 3 is 2.78 bits per heavy atom. The van der Waals surface area contributed by atoms with Gasteiger partial charge in [-0.1, -0.05) is 0 Å². The van der Waals surface area contributed by atoms with E-state index in [1.807, 2.05) is 0 Å². The molecule has 0 fully saturated rings. The van der Waals surface area contributed by atoms with E-state index in [2.05, 4.69) is 20.0 Å². The standard InChI is InChI=1S/C9H13N5O3.ClH/c1-3(15)6(16)4-2-11-7-5(12-4)8(17)14-9(10)13-7;/h3-4,6,15-16H,2H2,1H3,(H3,10,11,13,14,17);1H. The van der Waals surface area contributed by atoms with E-state index < -0.39 is 23.8 Å². The van der Waals surface area contributed by atoms with Crippen molar-refractivity contribution in [1.82, 2.24) is 9.97 Å². The number of H-pyrrole nitrogens is 1. The second-order valence-electron chi connectivity index (χ2n) is 3.89. The molecule has 1 aromatic heterocycles. The Balaban J connectivity index is 0.00000162. The minimum absolute atomic E-state index is 0. The fourth-order valence-electron chi connectivity index (χ4n) is 1.59. The average Bonchev–Trinajstić information content (AvgIpc) is 2.27. The molecule has 3 unspecified atom stereocenters. The van der Waals surface area contributed by atoms with Crippen molar-refractivity contribution in [3.63, 3.8) is 0 Å². The number of hydrogen-bond acceptors (Lipinski definition) is 7. The summed E-state index contributed by atoms with van der Waals surface area (Å²) in [6.07, 6.45) is -2.01. The van der Waals surface area contributed by atoms with Crippen molar-refractivity contribution in [1.29, 1.82) is 0 Å². The van der Waals surface area contributed by atoms with Gasteiger partial charge in [-0.2, -0.15) is 4.98 Å². The molecule has 2 heterocycles. The predicted molar refractivity (Wildman–Crippen MR) is 65.2 cm³/mol. The number of fused-ring (bicyclic) bond motifs is 1. The van der Waals surface area contributed by atoms with Crippen LogP contribution in [0.4, 0.5) is 5.95 Å². The van der Waals surface area contributed by atoms with Gasteiger partial charge in [-0.3, -0.25) is 19.8 Å². The van der Waals surface area contributed by atoms with Gasteiger partial charge in [0, 0.05) is 0 Å². The van der Waals surface area contributed by atoms with E-state index in [0.717, 1.165) is 0 Å². The summed E-state index contributed by atoms with van der Waals surface area (Å²) < 4.78 is 0. The maximum absolute atomic E-state index is 11.5. The van der Waals surface area contributed by atoms with Gasteiger partial charge >= 0.3 is 0 Å². The smallest absolute Gasteiger partial charge is 0.280 e. The molecule has 1 aliphatic rings. The van der Waals surface area contributed by atoms with Crippen molar-refractivity contribution >= 4 is 18.4 Å². The highest BCUT2D eigenvalue weighted by molar-refractivity contribution is 5.85. The molecule has 0 aliphatic carbocycles. The largest absolute Gasteiger partial charge is 0.391 e. The quantitative estimate of drug-likeness (QED) is 0.460. The zero-order chi connectivity index (χ0) is 12.6. The molecule has 1 aliphatic heterocycles. The zero-order valence-corrected chi connectivity index (χ0v) is 10.4. The van der Waals surface area contributed by atoms with Crippen LogP contribution in [0.2, 0.25) is 0 Å². The molecule has 18 heavy (non-hydrogen) atoms. The van der Waals surface area contributed by atoms with Crippen molar-refractivity contribution in [3.8, 4) is 0 Å². The lowest BCUT2D eigenvalue weighted by Gasteiger charge is -2.21. The van der Waals surface area contributed by atoms with Crippen molar-refractivity contribution < 1.29 is 10.2 Å². The molecule has 0 amide bonds. The SMILES string of the molecule is CC(O)C(O)C1CN=c2nc(N)[nH]c(=O)c2=N1.Cl. The van der Waals surface area contributed by atoms with Crippen LogP contribution in [0.5, 0.6) is 0 Å². The Labute approximate surface area is 108 Å². The molecule has 8 nitrogen and oxygen atoms in total. The Hall–Kier alpha value is -1.51. The molecule has 0 bridgehead atoms. The first kappa shape index (κ1) is 14.6. The molecular weight excluding hydrogens is 262 g/mol. The van der Waals surface area contributed by atoms with Gasteiger partial charge in [-0.25, -0.2) is 0 Å². The van der Waals surface area contributed by atoms with E-state index in [0.29, 0.717) is 0 Å². The summed E-state index contributed by atoms with van der Waals surface area (Å²) in [4.78, 5) is 25.7. The van der Waals surface area contributed by atoms with Crippen LogP contribution in [0.15, 0.2) is 14.8 Å². The lowest BCUT2D eigenvalue weighted by atomic mass is 10.1. The molecule has 0 saturated carbocycles. The summed E-state index contributed by atoms with van der Waals surface area (Å²) in [7, 11) is 0. The molecule has 2 rings (SSSR count).